The number of likely N-dealkylation sites (tertiary alicyclic amines) is 1. The van der Waals surface area contributed by atoms with Crippen LogP contribution < -0.4 is 5.32 Å². The molecule has 0 aromatic heterocycles. The predicted molar refractivity (Wildman–Crippen MR) is 94.3 cm³/mol. The van der Waals surface area contributed by atoms with Gasteiger partial charge in [0.05, 0.1) is 0 Å². The zero-order chi connectivity index (χ0) is 17.0. The van der Waals surface area contributed by atoms with Crippen molar-refractivity contribution >= 4 is 6.09 Å². The molecule has 0 aromatic carbocycles. The SMILES string of the molecule is CC(C)(C)OC(=O)N1CCCC1.CCCCCNC(C)CC. The molecule has 0 saturated carbocycles. The number of carbonyl (C=O) groups is 1. The van der Waals surface area contributed by atoms with Crippen LogP contribution in [0.4, 0.5) is 4.79 Å². The molecule has 1 fully saturated rings. The maximum Gasteiger partial charge on any atom is 0.410 e. The summed E-state index contributed by atoms with van der Waals surface area (Å²) in [6.45, 7) is 15.3. The van der Waals surface area contributed by atoms with Crippen molar-refractivity contribution < 1.29 is 9.53 Å². The van der Waals surface area contributed by atoms with E-state index in [0.717, 1.165) is 25.9 Å². The van der Waals surface area contributed by atoms with E-state index in [9.17, 15) is 4.79 Å². The average Bonchev–Trinajstić information content (AvgIpc) is 2.96. The van der Waals surface area contributed by atoms with E-state index in [1.54, 1.807) is 4.90 Å². The largest absolute Gasteiger partial charge is 0.444 e. The highest BCUT2D eigenvalue weighted by atomic mass is 16.6. The Morgan fingerprint density at radius 3 is 2.23 bits per heavy atom. The second kappa shape index (κ2) is 11.8. The molecule has 4 heteroatoms. The second-order valence-electron chi connectivity index (χ2n) is 7.15. The number of amides is 1. The summed E-state index contributed by atoms with van der Waals surface area (Å²) < 4.78 is 5.21. The van der Waals surface area contributed by atoms with Crippen LogP contribution in [0.25, 0.3) is 0 Å². The average molecular weight is 315 g/mol. The first kappa shape index (κ1) is 21.2. The first-order valence-corrected chi connectivity index (χ1v) is 9.01. The third-order valence-corrected chi connectivity index (χ3v) is 3.64. The normalized spacial score (nSPS) is 16.0. The van der Waals surface area contributed by atoms with Crippen LogP contribution >= 0.6 is 0 Å². The van der Waals surface area contributed by atoms with Gasteiger partial charge in [0.2, 0.25) is 0 Å². The fourth-order valence-electron chi connectivity index (χ4n) is 2.09. The van der Waals surface area contributed by atoms with E-state index in [1.807, 2.05) is 20.8 Å². The number of rotatable bonds is 6. The van der Waals surface area contributed by atoms with Gasteiger partial charge in [-0.25, -0.2) is 4.79 Å². The monoisotopic (exact) mass is 314 g/mol. The lowest BCUT2D eigenvalue weighted by molar-refractivity contribution is 0.0295. The van der Waals surface area contributed by atoms with Gasteiger partial charge in [0.15, 0.2) is 0 Å². The second-order valence-corrected chi connectivity index (χ2v) is 7.15. The van der Waals surface area contributed by atoms with E-state index < -0.39 is 0 Å². The summed E-state index contributed by atoms with van der Waals surface area (Å²) in [4.78, 5) is 13.1. The van der Waals surface area contributed by atoms with Gasteiger partial charge in [-0.2, -0.15) is 0 Å². The van der Waals surface area contributed by atoms with Crippen molar-refractivity contribution in [3.8, 4) is 0 Å². The molecule has 0 radical (unpaired) electrons. The lowest BCUT2D eigenvalue weighted by Crippen LogP contribution is -2.34. The standard InChI is InChI=1S/C9H17NO2.C9H21N/c1-9(2,3)12-8(11)10-6-4-5-7-10;1-4-6-7-8-10-9(3)5-2/h4-7H2,1-3H3;9-10H,4-8H2,1-3H3. The molecule has 1 aliphatic rings. The summed E-state index contributed by atoms with van der Waals surface area (Å²) in [5.41, 5.74) is -0.361. The fraction of sp³-hybridized carbons (Fsp3) is 0.944. The lowest BCUT2D eigenvalue weighted by atomic mass is 10.2. The molecule has 1 rings (SSSR count). The number of hydrogen-bond acceptors (Lipinski definition) is 3. The number of carbonyl (C=O) groups excluding carboxylic acids is 1. The summed E-state index contributed by atoms with van der Waals surface area (Å²) >= 11 is 0. The molecule has 1 heterocycles. The maximum atomic E-state index is 11.4. The minimum Gasteiger partial charge on any atom is -0.444 e. The quantitative estimate of drug-likeness (QED) is 0.729. The summed E-state index contributed by atoms with van der Waals surface area (Å²) in [5.74, 6) is 0. The summed E-state index contributed by atoms with van der Waals surface area (Å²) in [7, 11) is 0. The van der Waals surface area contributed by atoms with Crippen LogP contribution in [-0.4, -0.2) is 42.3 Å². The van der Waals surface area contributed by atoms with Crippen molar-refractivity contribution in [3.63, 3.8) is 0 Å². The minimum absolute atomic E-state index is 0.167. The van der Waals surface area contributed by atoms with Gasteiger partial charge in [-0.3, -0.25) is 0 Å². The van der Waals surface area contributed by atoms with E-state index in [-0.39, 0.29) is 11.7 Å². The van der Waals surface area contributed by atoms with E-state index in [0.29, 0.717) is 6.04 Å². The minimum atomic E-state index is -0.361. The Balaban J connectivity index is 0.000000409. The van der Waals surface area contributed by atoms with Crippen LogP contribution in [0.5, 0.6) is 0 Å². The Labute approximate surface area is 138 Å². The summed E-state index contributed by atoms with van der Waals surface area (Å²) in [6.07, 6.45) is 7.32. The van der Waals surface area contributed by atoms with Gasteiger partial charge in [0, 0.05) is 19.1 Å². The number of hydrogen-bond donors (Lipinski definition) is 1. The van der Waals surface area contributed by atoms with E-state index >= 15 is 0 Å². The first-order chi connectivity index (χ1) is 10.3. The first-order valence-electron chi connectivity index (χ1n) is 9.01. The highest BCUT2D eigenvalue weighted by Crippen LogP contribution is 2.14. The molecule has 1 amide bonds. The molecule has 0 bridgehead atoms. The summed E-state index contributed by atoms with van der Waals surface area (Å²) in [5, 5.41) is 3.47. The maximum absolute atomic E-state index is 11.4. The highest BCUT2D eigenvalue weighted by molar-refractivity contribution is 5.68. The van der Waals surface area contributed by atoms with E-state index in [2.05, 4.69) is 26.1 Å². The molecular formula is C18H38N2O2. The number of nitrogens with one attached hydrogen (secondary N) is 1. The van der Waals surface area contributed by atoms with Gasteiger partial charge in [-0.05, 0) is 59.9 Å². The molecule has 22 heavy (non-hydrogen) atoms. The van der Waals surface area contributed by atoms with Crippen molar-refractivity contribution in [1.82, 2.24) is 10.2 Å². The Morgan fingerprint density at radius 2 is 1.77 bits per heavy atom. The Morgan fingerprint density at radius 1 is 1.18 bits per heavy atom. The van der Waals surface area contributed by atoms with Crippen LogP contribution in [0.15, 0.2) is 0 Å². The van der Waals surface area contributed by atoms with Crippen LogP contribution in [0.3, 0.4) is 0 Å². The van der Waals surface area contributed by atoms with Crippen molar-refractivity contribution in [2.75, 3.05) is 19.6 Å². The Bertz CT molecular complexity index is 281. The lowest BCUT2D eigenvalue weighted by Gasteiger charge is -2.23. The Hall–Kier alpha value is -0.770. The molecule has 1 atom stereocenters. The third kappa shape index (κ3) is 11.8. The van der Waals surface area contributed by atoms with Gasteiger partial charge in [-0.1, -0.05) is 26.7 Å². The van der Waals surface area contributed by atoms with Gasteiger partial charge in [0.25, 0.3) is 0 Å². The molecule has 1 unspecified atom stereocenters. The van der Waals surface area contributed by atoms with Crippen molar-refractivity contribution in [2.45, 2.75) is 91.7 Å². The number of ether oxygens (including phenoxy) is 1. The topological polar surface area (TPSA) is 41.6 Å². The molecule has 1 saturated heterocycles. The van der Waals surface area contributed by atoms with E-state index in [1.165, 1.54) is 32.2 Å². The van der Waals surface area contributed by atoms with Crippen LogP contribution in [0.1, 0.15) is 80.1 Å². The third-order valence-electron chi connectivity index (χ3n) is 3.64. The van der Waals surface area contributed by atoms with Crippen molar-refractivity contribution in [2.24, 2.45) is 0 Å². The van der Waals surface area contributed by atoms with Crippen molar-refractivity contribution in [1.29, 1.82) is 0 Å². The van der Waals surface area contributed by atoms with Gasteiger partial charge < -0.3 is 15.0 Å². The predicted octanol–water partition coefficient (Wildman–Crippen LogP) is 4.58. The smallest absolute Gasteiger partial charge is 0.410 e. The molecule has 0 aliphatic carbocycles. The molecule has 1 N–H and O–H groups in total. The zero-order valence-corrected chi connectivity index (χ0v) is 15.7. The van der Waals surface area contributed by atoms with Crippen LogP contribution in [0.2, 0.25) is 0 Å². The van der Waals surface area contributed by atoms with Gasteiger partial charge in [-0.15, -0.1) is 0 Å². The van der Waals surface area contributed by atoms with Gasteiger partial charge >= 0.3 is 6.09 Å². The molecular weight excluding hydrogens is 276 g/mol. The highest BCUT2D eigenvalue weighted by Gasteiger charge is 2.23. The molecule has 1 aliphatic heterocycles. The fourth-order valence-corrected chi connectivity index (χ4v) is 2.09. The summed E-state index contributed by atoms with van der Waals surface area (Å²) in [6, 6.07) is 0.705. The molecule has 0 spiro atoms. The molecule has 0 aromatic rings. The van der Waals surface area contributed by atoms with Crippen LogP contribution in [0, 0.1) is 0 Å². The Kier molecular flexibility index (Phi) is 11.3. The molecule has 4 nitrogen and oxygen atoms in total. The van der Waals surface area contributed by atoms with Crippen molar-refractivity contribution in [3.05, 3.63) is 0 Å². The number of nitrogens with zero attached hydrogens (tertiary/aromatic N) is 1. The van der Waals surface area contributed by atoms with Gasteiger partial charge in [0.1, 0.15) is 5.60 Å². The number of unbranched alkanes of at least 4 members (excludes halogenated alkanes) is 2. The van der Waals surface area contributed by atoms with E-state index in [4.69, 9.17) is 4.74 Å². The molecule has 132 valence electrons. The van der Waals surface area contributed by atoms with Crippen LogP contribution in [-0.2, 0) is 4.74 Å². The zero-order valence-electron chi connectivity index (χ0n) is 15.7.